The lowest BCUT2D eigenvalue weighted by molar-refractivity contribution is -0.119. The summed E-state index contributed by atoms with van der Waals surface area (Å²) in [5.74, 6) is -1.24. The number of hydrogen-bond donors (Lipinski definition) is 2. The summed E-state index contributed by atoms with van der Waals surface area (Å²) < 4.78 is 5.08. The number of amides is 2. The van der Waals surface area contributed by atoms with E-state index in [1.165, 1.54) is 0 Å². The van der Waals surface area contributed by atoms with Gasteiger partial charge in [-0.15, -0.1) is 0 Å². The zero-order chi connectivity index (χ0) is 19.1. The first kappa shape index (κ1) is 19.2. The molecule has 2 rings (SSSR count). The Bertz CT molecular complexity index is 830. The van der Waals surface area contributed by atoms with Gasteiger partial charge in [0.1, 0.15) is 0 Å². The van der Waals surface area contributed by atoms with E-state index in [-0.39, 0.29) is 5.91 Å². The number of anilines is 1. The third-order valence-electron chi connectivity index (χ3n) is 3.69. The highest BCUT2D eigenvalue weighted by Gasteiger charge is 2.13. The van der Waals surface area contributed by atoms with E-state index >= 15 is 0 Å². The number of esters is 1. The van der Waals surface area contributed by atoms with E-state index in [4.69, 9.17) is 4.74 Å². The van der Waals surface area contributed by atoms with E-state index in [0.717, 1.165) is 11.1 Å². The largest absolute Gasteiger partial charge is 0.452 e. The fourth-order valence-corrected chi connectivity index (χ4v) is 2.36. The van der Waals surface area contributed by atoms with Crippen molar-refractivity contribution in [2.24, 2.45) is 0 Å². The maximum absolute atomic E-state index is 12.1. The number of nitrogens with one attached hydrogen (secondary N) is 2. The number of aryl methyl sites for hydroxylation is 2. The first-order valence-corrected chi connectivity index (χ1v) is 8.33. The minimum atomic E-state index is -0.544. The zero-order valence-electron chi connectivity index (χ0n) is 15.1. The second-order valence-electron chi connectivity index (χ2n) is 5.88. The van der Waals surface area contributed by atoms with Gasteiger partial charge in [0.05, 0.1) is 5.56 Å². The molecular formula is C20H22N2O4. The Kier molecular flexibility index (Phi) is 6.49. The van der Waals surface area contributed by atoms with Crippen molar-refractivity contribution >= 4 is 23.5 Å². The molecule has 0 heterocycles. The number of rotatable bonds is 6. The van der Waals surface area contributed by atoms with E-state index in [9.17, 15) is 14.4 Å². The Morgan fingerprint density at radius 1 is 1.04 bits per heavy atom. The molecule has 26 heavy (non-hydrogen) atoms. The molecule has 136 valence electrons. The van der Waals surface area contributed by atoms with Crippen LogP contribution >= 0.6 is 0 Å². The Hall–Kier alpha value is -3.15. The second kappa shape index (κ2) is 8.80. The summed E-state index contributed by atoms with van der Waals surface area (Å²) in [7, 11) is 0. The summed E-state index contributed by atoms with van der Waals surface area (Å²) in [6, 6.07) is 12.0. The summed E-state index contributed by atoms with van der Waals surface area (Å²) >= 11 is 0. The summed E-state index contributed by atoms with van der Waals surface area (Å²) in [5, 5.41) is 5.31. The van der Waals surface area contributed by atoms with Crippen molar-refractivity contribution in [1.82, 2.24) is 5.32 Å². The molecule has 0 aliphatic heterocycles. The molecule has 0 atom stereocenters. The fourth-order valence-electron chi connectivity index (χ4n) is 2.36. The first-order valence-electron chi connectivity index (χ1n) is 8.33. The molecular weight excluding hydrogens is 332 g/mol. The van der Waals surface area contributed by atoms with Gasteiger partial charge in [0.25, 0.3) is 11.8 Å². The molecule has 0 fully saturated rings. The third kappa shape index (κ3) is 5.17. The standard InChI is InChI=1S/C20H22N2O4/c1-4-21-19(24)15-6-5-7-16(11-15)22-18(23)12-26-20(25)17-10-13(2)8-9-14(17)3/h5-11H,4,12H2,1-3H3,(H,21,24)(H,22,23). The smallest absolute Gasteiger partial charge is 0.338 e. The minimum Gasteiger partial charge on any atom is -0.452 e. The molecule has 0 bridgehead atoms. The molecule has 6 heteroatoms. The summed E-state index contributed by atoms with van der Waals surface area (Å²) in [5.41, 5.74) is 3.07. The number of carbonyl (C=O) groups excluding carboxylic acids is 3. The molecule has 0 aliphatic carbocycles. The molecule has 6 nitrogen and oxygen atoms in total. The Balaban J connectivity index is 1.95. The molecule has 2 N–H and O–H groups in total. The third-order valence-corrected chi connectivity index (χ3v) is 3.69. The van der Waals surface area contributed by atoms with Crippen molar-refractivity contribution in [1.29, 1.82) is 0 Å². The van der Waals surface area contributed by atoms with E-state index in [2.05, 4.69) is 10.6 Å². The SMILES string of the molecule is CCNC(=O)c1cccc(NC(=O)COC(=O)c2cc(C)ccc2C)c1. The summed E-state index contributed by atoms with van der Waals surface area (Å²) in [6.07, 6.45) is 0. The van der Waals surface area contributed by atoms with Gasteiger partial charge in [-0.05, 0) is 50.6 Å². The number of hydrogen-bond acceptors (Lipinski definition) is 4. The van der Waals surface area contributed by atoms with Crippen LogP contribution in [0.1, 0.15) is 38.8 Å². The van der Waals surface area contributed by atoms with Crippen molar-refractivity contribution < 1.29 is 19.1 Å². The number of ether oxygens (including phenoxy) is 1. The van der Waals surface area contributed by atoms with Crippen LogP contribution in [-0.4, -0.2) is 30.9 Å². The van der Waals surface area contributed by atoms with E-state index in [1.807, 2.05) is 32.9 Å². The average Bonchev–Trinajstić information content (AvgIpc) is 2.62. The Morgan fingerprint density at radius 2 is 1.81 bits per heavy atom. The van der Waals surface area contributed by atoms with Gasteiger partial charge in [-0.1, -0.05) is 23.8 Å². The molecule has 0 unspecified atom stereocenters. The zero-order valence-corrected chi connectivity index (χ0v) is 15.1. The van der Waals surface area contributed by atoms with Crippen molar-refractivity contribution in [3.05, 3.63) is 64.7 Å². The predicted molar refractivity (Wildman–Crippen MR) is 99.3 cm³/mol. The van der Waals surface area contributed by atoms with Crippen LogP contribution in [0.4, 0.5) is 5.69 Å². The Labute approximate surface area is 152 Å². The molecule has 0 saturated carbocycles. The average molecular weight is 354 g/mol. The van der Waals surface area contributed by atoms with Crippen molar-refractivity contribution in [2.75, 3.05) is 18.5 Å². The summed E-state index contributed by atoms with van der Waals surface area (Å²) in [6.45, 7) is 5.63. The molecule has 0 aromatic heterocycles. The lowest BCUT2D eigenvalue weighted by Gasteiger charge is -2.09. The van der Waals surface area contributed by atoms with Gasteiger partial charge in [-0.25, -0.2) is 4.79 Å². The Morgan fingerprint density at radius 3 is 2.54 bits per heavy atom. The predicted octanol–water partition coefficient (Wildman–Crippen LogP) is 2.85. The van der Waals surface area contributed by atoms with E-state index < -0.39 is 18.5 Å². The maximum Gasteiger partial charge on any atom is 0.338 e. The van der Waals surface area contributed by atoms with Gasteiger partial charge in [-0.2, -0.15) is 0 Å². The molecule has 0 saturated heterocycles. The van der Waals surface area contributed by atoms with Gasteiger partial charge in [-0.3, -0.25) is 9.59 Å². The van der Waals surface area contributed by atoms with Crippen LogP contribution in [0.25, 0.3) is 0 Å². The van der Waals surface area contributed by atoms with Crippen LogP contribution in [0, 0.1) is 13.8 Å². The van der Waals surface area contributed by atoms with Crippen LogP contribution in [0.5, 0.6) is 0 Å². The quantitative estimate of drug-likeness (QED) is 0.781. The molecule has 2 amide bonds. The lowest BCUT2D eigenvalue weighted by Crippen LogP contribution is -2.23. The van der Waals surface area contributed by atoms with Crippen LogP contribution in [-0.2, 0) is 9.53 Å². The van der Waals surface area contributed by atoms with Gasteiger partial charge >= 0.3 is 5.97 Å². The van der Waals surface area contributed by atoms with Gasteiger partial charge in [0.15, 0.2) is 6.61 Å². The van der Waals surface area contributed by atoms with Crippen LogP contribution in [0.2, 0.25) is 0 Å². The minimum absolute atomic E-state index is 0.218. The van der Waals surface area contributed by atoms with Crippen molar-refractivity contribution in [3.8, 4) is 0 Å². The van der Waals surface area contributed by atoms with E-state index in [0.29, 0.717) is 23.4 Å². The monoisotopic (exact) mass is 354 g/mol. The van der Waals surface area contributed by atoms with Crippen molar-refractivity contribution in [3.63, 3.8) is 0 Å². The molecule has 0 spiro atoms. The highest BCUT2D eigenvalue weighted by atomic mass is 16.5. The van der Waals surface area contributed by atoms with Crippen molar-refractivity contribution in [2.45, 2.75) is 20.8 Å². The maximum atomic E-state index is 12.1. The second-order valence-corrected chi connectivity index (χ2v) is 5.88. The topological polar surface area (TPSA) is 84.5 Å². The van der Waals surface area contributed by atoms with Crippen LogP contribution in [0.3, 0.4) is 0 Å². The molecule has 0 aliphatic rings. The lowest BCUT2D eigenvalue weighted by atomic mass is 10.1. The van der Waals surface area contributed by atoms with Crippen LogP contribution in [0.15, 0.2) is 42.5 Å². The van der Waals surface area contributed by atoms with E-state index in [1.54, 1.807) is 30.3 Å². The normalized spacial score (nSPS) is 10.1. The van der Waals surface area contributed by atoms with Gasteiger partial charge in [0.2, 0.25) is 0 Å². The first-order chi connectivity index (χ1) is 12.4. The summed E-state index contributed by atoms with van der Waals surface area (Å²) in [4.78, 5) is 36.0. The van der Waals surface area contributed by atoms with Crippen LogP contribution < -0.4 is 10.6 Å². The van der Waals surface area contributed by atoms with Gasteiger partial charge in [0, 0.05) is 17.8 Å². The molecule has 0 radical (unpaired) electrons. The molecule has 2 aromatic rings. The molecule has 2 aromatic carbocycles. The number of carbonyl (C=O) groups is 3. The fraction of sp³-hybridized carbons (Fsp3) is 0.250. The number of benzene rings is 2. The van der Waals surface area contributed by atoms with Gasteiger partial charge < -0.3 is 15.4 Å². The highest BCUT2D eigenvalue weighted by molar-refractivity contribution is 5.98. The highest BCUT2D eigenvalue weighted by Crippen LogP contribution is 2.13.